The highest BCUT2D eigenvalue weighted by atomic mass is 79.9. The van der Waals surface area contributed by atoms with Crippen molar-refractivity contribution in [2.24, 2.45) is 0 Å². The molecule has 0 unspecified atom stereocenters. The van der Waals surface area contributed by atoms with Crippen molar-refractivity contribution in [3.63, 3.8) is 0 Å². The number of hydrogen-bond donors (Lipinski definition) is 2. The van der Waals surface area contributed by atoms with Gasteiger partial charge < -0.3 is 9.84 Å². The molecular formula is C17H16Br2N4O2. The van der Waals surface area contributed by atoms with E-state index in [4.69, 9.17) is 4.74 Å². The molecule has 8 heteroatoms. The Kier molecular flexibility index (Phi) is 5.39. The zero-order valence-electron chi connectivity index (χ0n) is 13.6. The number of halogens is 2. The largest absolute Gasteiger partial charge is 0.508 e. The van der Waals surface area contributed by atoms with Gasteiger partial charge in [0.1, 0.15) is 11.5 Å². The first-order chi connectivity index (χ1) is 11.9. The van der Waals surface area contributed by atoms with Gasteiger partial charge >= 0.3 is 0 Å². The maximum atomic E-state index is 9.95. The van der Waals surface area contributed by atoms with Crippen LogP contribution in [0.3, 0.4) is 0 Å². The number of H-pyrrole nitrogens is 1. The minimum Gasteiger partial charge on any atom is -0.508 e. The maximum Gasteiger partial charge on any atom is 0.155 e. The van der Waals surface area contributed by atoms with Crippen LogP contribution >= 0.6 is 31.9 Å². The van der Waals surface area contributed by atoms with Gasteiger partial charge in [-0.15, -0.1) is 5.10 Å². The molecule has 0 bridgehead atoms. The van der Waals surface area contributed by atoms with Gasteiger partial charge in [0.25, 0.3) is 0 Å². The number of nitrogens with one attached hydrogen (secondary N) is 1. The van der Waals surface area contributed by atoms with Crippen molar-refractivity contribution in [1.82, 2.24) is 20.6 Å². The third kappa shape index (κ3) is 4.19. The number of ether oxygens (including phenoxy) is 1. The lowest BCUT2D eigenvalue weighted by Crippen LogP contribution is -1.95. The maximum absolute atomic E-state index is 9.95. The molecular weight excluding hydrogens is 452 g/mol. The molecule has 0 saturated heterocycles. The summed E-state index contributed by atoms with van der Waals surface area (Å²) in [7, 11) is 0. The second kappa shape index (κ2) is 7.53. The molecule has 2 N–H and O–H groups in total. The molecule has 0 saturated carbocycles. The number of hydrogen-bond acceptors (Lipinski definition) is 5. The molecule has 0 aliphatic rings. The van der Waals surface area contributed by atoms with E-state index in [9.17, 15) is 5.11 Å². The normalized spacial score (nSPS) is 11.1. The van der Waals surface area contributed by atoms with Crippen LogP contribution in [0.2, 0.25) is 0 Å². The van der Waals surface area contributed by atoms with Crippen molar-refractivity contribution in [2.45, 2.75) is 26.2 Å². The van der Waals surface area contributed by atoms with Crippen LogP contribution in [0.4, 0.5) is 0 Å². The van der Waals surface area contributed by atoms with Crippen molar-refractivity contribution >= 4 is 31.9 Å². The van der Waals surface area contributed by atoms with Crippen LogP contribution in [0, 0.1) is 0 Å². The van der Waals surface area contributed by atoms with Crippen molar-refractivity contribution in [2.75, 3.05) is 0 Å². The molecule has 1 heterocycles. The highest BCUT2D eigenvalue weighted by Gasteiger charge is 2.13. The van der Waals surface area contributed by atoms with Gasteiger partial charge in [-0.25, -0.2) is 5.10 Å². The molecule has 25 heavy (non-hydrogen) atoms. The van der Waals surface area contributed by atoms with E-state index >= 15 is 0 Å². The Morgan fingerprint density at radius 3 is 2.48 bits per heavy atom. The van der Waals surface area contributed by atoms with Gasteiger partial charge in [-0.05, 0) is 84.1 Å². The lowest BCUT2D eigenvalue weighted by molar-refractivity contribution is 0.453. The second-order valence-electron chi connectivity index (χ2n) is 5.89. The molecule has 6 nitrogen and oxygen atoms in total. The molecule has 2 aromatic carbocycles. The summed E-state index contributed by atoms with van der Waals surface area (Å²) in [6, 6.07) is 9.18. The van der Waals surface area contributed by atoms with Crippen LogP contribution < -0.4 is 4.74 Å². The molecule has 0 aliphatic heterocycles. The first-order valence-electron chi connectivity index (χ1n) is 7.65. The summed E-state index contributed by atoms with van der Waals surface area (Å²) in [6.45, 7) is 4.05. The quantitative estimate of drug-likeness (QED) is 0.555. The number of benzene rings is 2. The lowest BCUT2D eigenvalue weighted by atomic mass is 10.0. The van der Waals surface area contributed by atoms with Gasteiger partial charge in [0.2, 0.25) is 0 Å². The number of aromatic amines is 1. The number of aromatic hydroxyl groups is 1. The topological polar surface area (TPSA) is 83.9 Å². The van der Waals surface area contributed by atoms with Gasteiger partial charge in [-0.2, -0.15) is 0 Å². The average molecular weight is 468 g/mol. The third-order valence-corrected chi connectivity index (χ3v) is 4.84. The number of rotatable bonds is 5. The molecule has 130 valence electrons. The Labute approximate surface area is 161 Å². The number of aromatic nitrogens is 4. The third-order valence-electron chi connectivity index (χ3n) is 3.66. The Balaban J connectivity index is 1.87. The van der Waals surface area contributed by atoms with E-state index in [-0.39, 0.29) is 11.7 Å². The fourth-order valence-electron chi connectivity index (χ4n) is 2.44. The minimum absolute atomic E-state index is 0.202. The van der Waals surface area contributed by atoms with Crippen molar-refractivity contribution in [3.05, 3.63) is 56.2 Å². The SMILES string of the molecule is CC(C)c1cc(Oc2c(Br)cc(Cc3nnn[nH]3)cc2Br)ccc1O. The van der Waals surface area contributed by atoms with E-state index in [0.717, 1.165) is 20.1 Å². The fourth-order valence-corrected chi connectivity index (χ4v) is 3.88. The van der Waals surface area contributed by atoms with Crippen molar-refractivity contribution in [3.8, 4) is 17.2 Å². The molecule has 1 aromatic heterocycles. The molecule has 0 fully saturated rings. The van der Waals surface area contributed by atoms with Gasteiger partial charge in [-0.3, -0.25) is 0 Å². The standard InChI is InChI=1S/C17H16Br2N4O2/c1-9(2)12-8-11(3-4-15(12)24)25-17-13(18)5-10(6-14(17)19)7-16-20-22-23-21-16/h3-6,8-9,24H,7H2,1-2H3,(H,20,21,22,23). The predicted octanol–water partition coefficient (Wildman–Crippen LogP) is 4.94. The number of phenols is 1. The molecule has 0 amide bonds. The highest BCUT2D eigenvalue weighted by Crippen LogP contribution is 2.39. The summed E-state index contributed by atoms with van der Waals surface area (Å²) in [4.78, 5) is 0. The molecule has 0 spiro atoms. The molecule has 0 atom stereocenters. The smallest absolute Gasteiger partial charge is 0.155 e. The number of phenolic OH excluding ortho intramolecular Hbond substituents is 1. The zero-order valence-corrected chi connectivity index (χ0v) is 16.8. The van der Waals surface area contributed by atoms with Crippen molar-refractivity contribution in [1.29, 1.82) is 0 Å². The Hall–Kier alpha value is -1.93. The summed E-state index contributed by atoms with van der Waals surface area (Å²) in [6.07, 6.45) is 0.585. The summed E-state index contributed by atoms with van der Waals surface area (Å²) >= 11 is 7.11. The Morgan fingerprint density at radius 1 is 1.16 bits per heavy atom. The number of tetrazole rings is 1. The van der Waals surface area contributed by atoms with E-state index in [1.54, 1.807) is 12.1 Å². The molecule has 3 aromatic rings. The van der Waals surface area contributed by atoms with Crippen LogP contribution in [0.15, 0.2) is 39.3 Å². The van der Waals surface area contributed by atoms with Crippen LogP contribution in [0.5, 0.6) is 17.2 Å². The second-order valence-corrected chi connectivity index (χ2v) is 7.60. The predicted molar refractivity (Wildman–Crippen MR) is 101 cm³/mol. The van der Waals surface area contributed by atoms with E-state index in [1.165, 1.54) is 0 Å². The first kappa shape index (κ1) is 17.9. The van der Waals surface area contributed by atoms with Crippen LogP contribution in [-0.2, 0) is 6.42 Å². The van der Waals surface area contributed by atoms with Crippen LogP contribution in [-0.4, -0.2) is 25.7 Å². The lowest BCUT2D eigenvalue weighted by Gasteiger charge is -2.14. The first-order valence-corrected chi connectivity index (χ1v) is 9.24. The van der Waals surface area contributed by atoms with E-state index in [1.807, 2.05) is 32.0 Å². The molecule has 0 radical (unpaired) electrons. The Bertz CT molecular complexity index is 859. The zero-order chi connectivity index (χ0) is 18.0. The minimum atomic E-state index is 0.202. The van der Waals surface area contributed by atoms with E-state index in [2.05, 4.69) is 52.5 Å². The summed E-state index contributed by atoms with van der Waals surface area (Å²) in [5.74, 6) is 2.49. The fraction of sp³-hybridized carbons (Fsp3) is 0.235. The number of nitrogens with zero attached hydrogens (tertiary/aromatic N) is 3. The monoisotopic (exact) mass is 466 g/mol. The van der Waals surface area contributed by atoms with Crippen LogP contribution in [0.1, 0.15) is 36.7 Å². The van der Waals surface area contributed by atoms with Crippen molar-refractivity contribution < 1.29 is 9.84 Å². The highest BCUT2D eigenvalue weighted by molar-refractivity contribution is 9.11. The summed E-state index contributed by atoms with van der Waals surface area (Å²) in [5.41, 5.74) is 1.87. The van der Waals surface area contributed by atoms with Gasteiger partial charge in [0.05, 0.1) is 8.95 Å². The van der Waals surface area contributed by atoms with E-state index in [0.29, 0.717) is 23.7 Å². The van der Waals surface area contributed by atoms with Crippen LogP contribution in [0.25, 0.3) is 0 Å². The molecule has 3 rings (SSSR count). The molecule has 0 aliphatic carbocycles. The average Bonchev–Trinajstić information content (AvgIpc) is 3.05. The van der Waals surface area contributed by atoms with E-state index < -0.39 is 0 Å². The van der Waals surface area contributed by atoms with Gasteiger partial charge in [0.15, 0.2) is 11.6 Å². The Morgan fingerprint density at radius 2 is 1.88 bits per heavy atom. The van der Waals surface area contributed by atoms with Gasteiger partial charge in [0, 0.05) is 12.0 Å². The summed E-state index contributed by atoms with van der Waals surface area (Å²) < 4.78 is 7.64. The van der Waals surface area contributed by atoms with Gasteiger partial charge in [-0.1, -0.05) is 13.8 Å². The summed E-state index contributed by atoms with van der Waals surface area (Å²) in [5, 5.41) is 23.7.